The SMILES string of the molecule is COC(C)Cc1nc(C(CN)C(C)C)cs1. The van der Waals surface area contributed by atoms with Crippen molar-refractivity contribution in [2.45, 2.75) is 39.2 Å². The van der Waals surface area contributed by atoms with Gasteiger partial charge in [0.1, 0.15) is 0 Å². The third-order valence-corrected chi connectivity index (χ3v) is 3.76. The maximum absolute atomic E-state index is 5.78. The highest BCUT2D eigenvalue weighted by molar-refractivity contribution is 7.09. The molecule has 92 valence electrons. The summed E-state index contributed by atoms with van der Waals surface area (Å²) < 4.78 is 5.24. The first-order valence-electron chi connectivity index (χ1n) is 5.75. The highest BCUT2D eigenvalue weighted by atomic mass is 32.1. The molecule has 2 N–H and O–H groups in total. The van der Waals surface area contributed by atoms with Gasteiger partial charge in [0.15, 0.2) is 0 Å². The molecule has 0 amide bonds. The van der Waals surface area contributed by atoms with Crippen LogP contribution < -0.4 is 5.73 Å². The lowest BCUT2D eigenvalue weighted by Crippen LogP contribution is -2.18. The van der Waals surface area contributed by atoms with Crippen molar-refractivity contribution in [2.75, 3.05) is 13.7 Å². The smallest absolute Gasteiger partial charge is 0.0954 e. The molecule has 0 saturated heterocycles. The van der Waals surface area contributed by atoms with Gasteiger partial charge in [-0.15, -0.1) is 11.3 Å². The number of nitrogens with two attached hydrogens (primary N) is 1. The number of nitrogens with zero attached hydrogens (tertiary/aromatic N) is 1. The fourth-order valence-electron chi connectivity index (χ4n) is 1.65. The van der Waals surface area contributed by atoms with Gasteiger partial charge in [0.2, 0.25) is 0 Å². The van der Waals surface area contributed by atoms with E-state index in [4.69, 9.17) is 10.5 Å². The molecule has 1 rings (SSSR count). The van der Waals surface area contributed by atoms with Crippen LogP contribution in [-0.4, -0.2) is 24.7 Å². The Kier molecular flexibility index (Phi) is 5.38. The Morgan fingerprint density at radius 1 is 1.44 bits per heavy atom. The first-order chi connectivity index (χ1) is 7.58. The van der Waals surface area contributed by atoms with E-state index in [1.807, 2.05) is 0 Å². The van der Waals surface area contributed by atoms with Crippen LogP contribution in [0.4, 0.5) is 0 Å². The lowest BCUT2D eigenvalue weighted by Gasteiger charge is -2.16. The average Bonchev–Trinajstić information content (AvgIpc) is 2.66. The van der Waals surface area contributed by atoms with E-state index >= 15 is 0 Å². The monoisotopic (exact) mass is 242 g/mol. The number of methoxy groups -OCH3 is 1. The van der Waals surface area contributed by atoms with Gasteiger partial charge in [0, 0.05) is 31.4 Å². The Bertz CT molecular complexity index is 312. The van der Waals surface area contributed by atoms with Crippen LogP contribution >= 0.6 is 11.3 Å². The van der Waals surface area contributed by atoms with Crippen LogP contribution in [0.25, 0.3) is 0 Å². The summed E-state index contributed by atoms with van der Waals surface area (Å²) in [5, 5.41) is 3.28. The molecule has 0 fully saturated rings. The van der Waals surface area contributed by atoms with Crippen LogP contribution in [0.2, 0.25) is 0 Å². The number of hydrogen-bond acceptors (Lipinski definition) is 4. The Labute approximate surface area is 102 Å². The molecule has 0 aliphatic heterocycles. The number of rotatable bonds is 6. The molecule has 0 saturated carbocycles. The van der Waals surface area contributed by atoms with Crippen LogP contribution in [0.1, 0.15) is 37.4 Å². The van der Waals surface area contributed by atoms with Gasteiger partial charge in [0.25, 0.3) is 0 Å². The third kappa shape index (κ3) is 3.54. The van der Waals surface area contributed by atoms with E-state index in [1.54, 1.807) is 18.4 Å². The van der Waals surface area contributed by atoms with Crippen LogP contribution in [0, 0.1) is 5.92 Å². The van der Waals surface area contributed by atoms with Gasteiger partial charge in [-0.3, -0.25) is 0 Å². The largest absolute Gasteiger partial charge is 0.381 e. The minimum atomic E-state index is 0.231. The predicted octanol–water partition coefficient (Wildman–Crippen LogP) is 2.42. The summed E-state index contributed by atoms with van der Waals surface area (Å²) in [7, 11) is 1.73. The second-order valence-corrected chi connectivity index (χ2v) is 5.45. The molecule has 16 heavy (non-hydrogen) atoms. The Morgan fingerprint density at radius 2 is 2.12 bits per heavy atom. The second kappa shape index (κ2) is 6.33. The summed E-state index contributed by atoms with van der Waals surface area (Å²) in [6.45, 7) is 7.10. The summed E-state index contributed by atoms with van der Waals surface area (Å²) in [6.07, 6.45) is 1.12. The van der Waals surface area contributed by atoms with Gasteiger partial charge in [-0.2, -0.15) is 0 Å². The van der Waals surface area contributed by atoms with E-state index in [2.05, 4.69) is 31.1 Å². The first-order valence-corrected chi connectivity index (χ1v) is 6.63. The molecule has 1 aromatic rings. The van der Waals surface area contributed by atoms with E-state index in [9.17, 15) is 0 Å². The van der Waals surface area contributed by atoms with Crippen molar-refractivity contribution in [3.8, 4) is 0 Å². The molecular weight excluding hydrogens is 220 g/mol. The molecule has 0 aliphatic rings. The lowest BCUT2D eigenvalue weighted by molar-refractivity contribution is 0.118. The van der Waals surface area contributed by atoms with Crippen molar-refractivity contribution in [1.82, 2.24) is 4.98 Å². The fraction of sp³-hybridized carbons (Fsp3) is 0.750. The first kappa shape index (κ1) is 13.6. The quantitative estimate of drug-likeness (QED) is 0.833. The van der Waals surface area contributed by atoms with E-state index < -0.39 is 0 Å². The highest BCUT2D eigenvalue weighted by Crippen LogP contribution is 2.25. The maximum atomic E-state index is 5.78. The van der Waals surface area contributed by atoms with E-state index in [0.717, 1.165) is 17.1 Å². The molecule has 0 spiro atoms. The average molecular weight is 242 g/mol. The van der Waals surface area contributed by atoms with Crippen molar-refractivity contribution in [3.63, 3.8) is 0 Å². The number of thiazole rings is 1. The van der Waals surface area contributed by atoms with Crippen LogP contribution in [0.5, 0.6) is 0 Å². The molecule has 0 aromatic carbocycles. The van der Waals surface area contributed by atoms with E-state index in [-0.39, 0.29) is 6.10 Å². The van der Waals surface area contributed by atoms with Crippen molar-refractivity contribution in [1.29, 1.82) is 0 Å². The van der Waals surface area contributed by atoms with Crippen LogP contribution in [0.15, 0.2) is 5.38 Å². The summed E-state index contributed by atoms with van der Waals surface area (Å²) >= 11 is 1.71. The van der Waals surface area contributed by atoms with Crippen molar-refractivity contribution in [2.24, 2.45) is 11.7 Å². The minimum absolute atomic E-state index is 0.231. The normalized spacial score (nSPS) is 15.4. The zero-order valence-electron chi connectivity index (χ0n) is 10.6. The molecule has 2 atom stereocenters. The van der Waals surface area contributed by atoms with E-state index in [1.165, 1.54) is 0 Å². The van der Waals surface area contributed by atoms with Crippen LogP contribution in [-0.2, 0) is 11.2 Å². The standard InChI is InChI=1S/C12H22N2OS/c1-8(2)10(6-13)11-7-16-12(14-11)5-9(3)15-4/h7-10H,5-6,13H2,1-4H3. The summed E-state index contributed by atoms with van der Waals surface area (Å²) in [6, 6.07) is 0. The lowest BCUT2D eigenvalue weighted by atomic mass is 9.93. The van der Waals surface area contributed by atoms with Crippen LogP contribution in [0.3, 0.4) is 0 Å². The zero-order chi connectivity index (χ0) is 12.1. The zero-order valence-corrected chi connectivity index (χ0v) is 11.4. The number of aromatic nitrogens is 1. The maximum Gasteiger partial charge on any atom is 0.0954 e. The number of ether oxygens (including phenoxy) is 1. The van der Waals surface area contributed by atoms with Gasteiger partial charge < -0.3 is 10.5 Å². The van der Waals surface area contributed by atoms with Gasteiger partial charge in [-0.1, -0.05) is 13.8 Å². The molecule has 4 heteroatoms. The third-order valence-electron chi connectivity index (χ3n) is 2.87. The molecule has 1 heterocycles. The summed E-state index contributed by atoms with van der Waals surface area (Å²) in [4.78, 5) is 4.65. The molecule has 1 aromatic heterocycles. The minimum Gasteiger partial charge on any atom is -0.381 e. The van der Waals surface area contributed by atoms with Gasteiger partial charge in [0.05, 0.1) is 16.8 Å². The second-order valence-electron chi connectivity index (χ2n) is 4.50. The Morgan fingerprint density at radius 3 is 2.62 bits per heavy atom. The summed E-state index contributed by atoms with van der Waals surface area (Å²) in [5.41, 5.74) is 6.92. The van der Waals surface area contributed by atoms with Gasteiger partial charge >= 0.3 is 0 Å². The molecule has 0 radical (unpaired) electrons. The molecule has 0 aliphatic carbocycles. The predicted molar refractivity (Wildman–Crippen MR) is 68.9 cm³/mol. The van der Waals surface area contributed by atoms with Crippen molar-refractivity contribution < 1.29 is 4.74 Å². The van der Waals surface area contributed by atoms with Crippen molar-refractivity contribution in [3.05, 3.63) is 16.1 Å². The fourth-order valence-corrected chi connectivity index (χ4v) is 2.63. The topological polar surface area (TPSA) is 48.1 Å². The van der Waals surface area contributed by atoms with E-state index in [0.29, 0.717) is 18.4 Å². The molecular formula is C12H22N2OS. The van der Waals surface area contributed by atoms with Gasteiger partial charge in [-0.25, -0.2) is 4.98 Å². The molecule has 0 bridgehead atoms. The number of hydrogen-bond donors (Lipinski definition) is 1. The van der Waals surface area contributed by atoms with Crippen molar-refractivity contribution >= 4 is 11.3 Å². The summed E-state index contributed by atoms with van der Waals surface area (Å²) in [5.74, 6) is 0.919. The Hall–Kier alpha value is -0.450. The Balaban J connectivity index is 2.69. The molecule has 2 unspecified atom stereocenters. The van der Waals surface area contributed by atoms with Gasteiger partial charge in [-0.05, 0) is 12.8 Å². The highest BCUT2D eigenvalue weighted by Gasteiger charge is 2.17. The molecule has 3 nitrogen and oxygen atoms in total.